The molecular formula is C43H55Br2ClF3N13O7. The number of nitrogens with zero attached hydrogens (tertiary/aromatic N) is 11. The second-order valence-corrected chi connectivity index (χ2v) is 20.4. The first-order valence-corrected chi connectivity index (χ1v) is 24.1. The first-order chi connectivity index (χ1) is 32.1. The van der Waals surface area contributed by atoms with E-state index in [0.29, 0.717) is 79.7 Å². The van der Waals surface area contributed by atoms with E-state index < -0.39 is 40.5 Å². The van der Waals surface area contributed by atoms with Crippen LogP contribution in [0.5, 0.6) is 0 Å². The van der Waals surface area contributed by atoms with Crippen molar-refractivity contribution < 1.29 is 37.0 Å². The lowest BCUT2D eigenvalue weighted by atomic mass is 10.1. The Bertz CT molecular complexity index is 2870. The quantitative estimate of drug-likeness (QED) is 0.166. The molecule has 2 aliphatic heterocycles. The zero-order valence-corrected chi connectivity index (χ0v) is 43.7. The molecule has 26 heteroatoms. The lowest BCUT2D eigenvalue weighted by Crippen LogP contribution is -2.56. The number of aryl methyl sites for hydroxylation is 1. The average Bonchev–Trinajstić information content (AvgIpc) is 3.83. The first kappa shape index (κ1) is 52.9. The molecule has 2 saturated heterocycles. The van der Waals surface area contributed by atoms with E-state index in [1.165, 1.54) is 9.08 Å². The number of piperazine rings is 2. The van der Waals surface area contributed by atoms with Gasteiger partial charge in [-0.15, -0.1) is 10.2 Å². The van der Waals surface area contributed by atoms with E-state index in [9.17, 15) is 37.1 Å². The third-order valence-corrected chi connectivity index (χ3v) is 12.0. The van der Waals surface area contributed by atoms with Gasteiger partial charge in [0.2, 0.25) is 26.9 Å². The van der Waals surface area contributed by atoms with Gasteiger partial charge in [0.15, 0.2) is 0 Å². The van der Waals surface area contributed by atoms with Crippen molar-refractivity contribution in [1.82, 2.24) is 48.5 Å². The van der Waals surface area contributed by atoms with Gasteiger partial charge in [0.05, 0.1) is 22.0 Å². The number of H-pyrrole nitrogens is 1. The number of amides is 3. The van der Waals surface area contributed by atoms with Gasteiger partial charge < -0.3 is 43.9 Å². The van der Waals surface area contributed by atoms with Crippen molar-refractivity contribution in [2.24, 2.45) is 0 Å². The van der Waals surface area contributed by atoms with Crippen LogP contribution in [0, 0.1) is 0 Å². The van der Waals surface area contributed by atoms with Crippen LogP contribution < -0.4 is 26.2 Å². The molecule has 2 atom stereocenters. The van der Waals surface area contributed by atoms with Gasteiger partial charge in [-0.05, 0) is 118 Å². The molecular weight excluding hydrogens is 1060 g/mol. The lowest BCUT2D eigenvalue weighted by molar-refractivity contribution is -0.137. The van der Waals surface area contributed by atoms with Crippen molar-refractivity contribution in [2.45, 2.75) is 118 Å². The number of nitrogens with one attached hydrogen (secondary N) is 2. The number of anilines is 3. The largest absolute Gasteiger partial charge is 0.444 e. The number of ether oxygens (including phenoxy) is 2. The molecule has 0 saturated carbocycles. The zero-order chi connectivity index (χ0) is 51.1. The maximum atomic E-state index is 13.7. The molecule has 376 valence electrons. The SMILES string of the molecule is CCc1[nH]c2nc(Br)nn2c(=O)c1N1CCN(C(=O)OC(C)(C)C)C[C@H]1C.CCc1c(N2CCN(C(=O)OC(C)(C)C)C[C@H]2C)c(=O)n2nc(Br)nc2n1CC(=O)Nc1ccc(C(F)(F)F)cc1Cl. The molecule has 3 amide bonds. The second kappa shape index (κ2) is 20.5. The number of hydrogen-bond donors (Lipinski definition) is 2. The van der Waals surface area contributed by atoms with Crippen LogP contribution in [0.25, 0.3) is 11.6 Å². The summed E-state index contributed by atoms with van der Waals surface area (Å²) in [6.45, 7) is 20.7. The predicted molar refractivity (Wildman–Crippen MR) is 259 cm³/mol. The topological polar surface area (TPSA) is 210 Å². The van der Waals surface area contributed by atoms with Crippen molar-refractivity contribution in [3.05, 3.63) is 70.3 Å². The van der Waals surface area contributed by atoms with E-state index >= 15 is 0 Å². The van der Waals surface area contributed by atoms with Gasteiger partial charge in [-0.2, -0.15) is 32.2 Å². The Morgan fingerprint density at radius 3 is 1.81 bits per heavy atom. The van der Waals surface area contributed by atoms with E-state index in [1.54, 1.807) is 30.6 Å². The highest BCUT2D eigenvalue weighted by Crippen LogP contribution is 2.34. The lowest BCUT2D eigenvalue weighted by Gasteiger charge is -2.41. The molecule has 1 aromatic carbocycles. The molecule has 2 N–H and O–H groups in total. The van der Waals surface area contributed by atoms with Crippen molar-refractivity contribution in [3.63, 3.8) is 0 Å². The van der Waals surface area contributed by atoms with Crippen LogP contribution in [0.3, 0.4) is 0 Å². The third-order valence-electron chi connectivity index (χ3n) is 11.0. The minimum atomic E-state index is -4.59. The van der Waals surface area contributed by atoms with E-state index in [4.69, 9.17) is 21.1 Å². The minimum Gasteiger partial charge on any atom is -0.444 e. The average molecular weight is 1120 g/mol. The summed E-state index contributed by atoms with van der Waals surface area (Å²) in [5.41, 5.74) is -0.593. The Labute approximate surface area is 416 Å². The molecule has 69 heavy (non-hydrogen) atoms. The van der Waals surface area contributed by atoms with Crippen LogP contribution >= 0.6 is 43.5 Å². The highest BCUT2D eigenvalue weighted by molar-refractivity contribution is 9.10. The molecule has 0 aliphatic carbocycles. The number of halogens is 6. The number of carbonyl (C=O) groups excluding carboxylic acids is 3. The molecule has 2 aliphatic rings. The Kier molecular flexibility index (Phi) is 15.7. The van der Waals surface area contributed by atoms with Gasteiger partial charge in [0, 0.05) is 57.0 Å². The number of fused-ring (bicyclic) bond motifs is 2. The van der Waals surface area contributed by atoms with Gasteiger partial charge in [0.25, 0.3) is 11.1 Å². The molecule has 2 fully saturated rings. The summed E-state index contributed by atoms with van der Waals surface area (Å²) in [7, 11) is 0. The van der Waals surface area contributed by atoms with Gasteiger partial charge in [-0.3, -0.25) is 14.4 Å². The number of aromatic nitrogens is 8. The van der Waals surface area contributed by atoms with Crippen LogP contribution in [0.15, 0.2) is 37.3 Å². The summed E-state index contributed by atoms with van der Waals surface area (Å²) in [4.78, 5) is 83.8. The Balaban J connectivity index is 0.000000249. The predicted octanol–water partition coefficient (Wildman–Crippen LogP) is 7.16. The normalized spacial score (nSPS) is 17.0. The number of benzene rings is 1. The summed E-state index contributed by atoms with van der Waals surface area (Å²) in [6, 6.07) is 2.31. The van der Waals surface area contributed by atoms with Gasteiger partial charge >= 0.3 is 18.4 Å². The van der Waals surface area contributed by atoms with E-state index in [1.807, 2.05) is 58.3 Å². The van der Waals surface area contributed by atoms with Gasteiger partial charge in [0.1, 0.15) is 29.1 Å². The van der Waals surface area contributed by atoms with Crippen molar-refractivity contribution >= 4 is 90.2 Å². The molecule has 0 unspecified atom stereocenters. The second-order valence-electron chi connectivity index (χ2n) is 18.5. The van der Waals surface area contributed by atoms with E-state index in [0.717, 1.165) is 28.4 Å². The Morgan fingerprint density at radius 1 is 0.797 bits per heavy atom. The summed E-state index contributed by atoms with van der Waals surface area (Å²) in [6.07, 6.45) is -4.37. The molecule has 5 aromatic rings. The first-order valence-electron chi connectivity index (χ1n) is 22.1. The van der Waals surface area contributed by atoms with Crippen molar-refractivity contribution in [1.29, 1.82) is 0 Å². The van der Waals surface area contributed by atoms with Crippen LogP contribution in [0.4, 0.5) is 39.8 Å². The minimum absolute atomic E-state index is 0.000427. The molecule has 4 aromatic heterocycles. The fourth-order valence-electron chi connectivity index (χ4n) is 8.05. The molecule has 0 radical (unpaired) electrons. The summed E-state index contributed by atoms with van der Waals surface area (Å²) in [5.74, 6) is -0.0986. The number of rotatable bonds is 7. The molecule has 20 nitrogen and oxygen atoms in total. The molecule has 6 heterocycles. The summed E-state index contributed by atoms with van der Waals surface area (Å²) in [5, 5.41) is 10.6. The maximum absolute atomic E-state index is 13.7. The summed E-state index contributed by atoms with van der Waals surface area (Å²) >= 11 is 12.4. The zero-order valence-electron chi connectivity index (χ0n) is 39.8. The molecule has 0 spiro atoms. The smallest absolute Gasteiger partial charge is 0.416 e. The summed E-state index contributed by atoms with van der Waals surface area (Å²) < 4.78 is 54.5. The Hall–Kier alpha value is -5.43. The van der Waals surface area contributed by atoms with E-state index in [2.05, 4.69) is 62.3 Å². The third kappa shape index (κ3) is 12.1. The fraction of sp³-hybridized carbons (Fsp3) is 0.558. The van der Waals surface area contributed by atoms with E-state index in [-0.39, 0.29) is 51.5 Å². The standard InChI is InChI=1S/C26H30BrClF3N7O4.C17H25BrN6O3/c1-6-18-20(36-10-9-35(12-14(36)2)24(41)42-25(3,4)5)21(40)38-23(33-22(27)34-38)37(18)13-19(39)32-17-8-7-15(11-16(17)28)26(29,30)31;1-6-11-12(13(25)24-15(19-11)20-14(18)21-24)23-8-7-22(9-10(23)2)16(26)27-17(3,4)5/h7-8,11,14H,6,9-10,12-13H2,1-5H3,(H,32,39);10H,6-9H2,1-5H3,(H,19,20,21)/t14-;10-/m11/s1. The molecule has 0 bridgehead atoms. The fourth-order valence-corrected chi connectivity index (χ4v) is 8.92. The van der Waals surface area contributed by atoms with Gasteiger partial charge in [-0.1, -0.05) is 25.4 Å². The number of aromatic amines is 1. The van der Waals surface area contributed by atoms with Crippen molar-refractivity contribution in [3.8, 4) is 0 Å². The number of hydrogen-bond acceptors (Lipinski definition) is 13. The van der Waals surface area contributed by atoms with Crippen LogP contribution in [-0.4, -0.2) is 129 Å². The van der Waals surface area contributed by atoms with Gasteiger partial charge in [-0.25, -0.2) is 9.59 Å². The van der Waals surface area contributed by atoms with Crippen LogP contribution in [0.1, 0.15) is 86.2 Å². The maximum Gasteiger partial charge on any atom is 0.416 e. The molecule has 7 rings (SSSR count). The van der Waals surface area contributed by atoms with Crippen LogP contribution in [-0.2, 0) is 39.8 Å². The highest BCUT2D eigenvalue weighted by Gasteiger charge is 2.36. The Morgan fingerprint density at radius 2 is 1.32 bits per heavy atom. The van der Waals surface area contributed by atoms with Crippen molar-refractivity contribution in [2.75, 3.05) is 54.4 Å². The number of alkyl halides is 3. The monoisotopic (exact) mass is 1120 g/mol. The number of carbonyl (C=O) groups is 3. The van der Waals surface area contributed by atoms with Crippen LogP contribution in [0.2, 0.25) is 5.02 Å². The highest BCUT2D eigenvalue weighted by atomic mass is 79.9.